The summed E-state index contributed by atoms with van der Waals surface area (Å²) in [6, 6.07) is 0. The average molecular weight is 128 g/mol. The molecule has 1 aliphatic carbocycles. The van der Waals surface area contributed by atoms with E-state index < -0.39 is 0 Å². The minimum atomic E-state index is -0.318. The van der Waals surface area contributed by atoms with E-state index in [1.165, 1.54) is 6.42 Å². The molecular formula is C7H12O2. The van der Waals surface area contributed by atoms with Gasteiger partial charge < -0.3 is 9.84 Å². The fraction of sp³-hybridized carbons (Fsp3) is 1.00. The predicted octanol–water partition coefficient (Wildman–Crippen LogP) is 0.690. The molecule has 1 saturated carbocycles. The first-order valence-corrected chi connectivity index (χ1v) is 3.63. The minimum absolute atomic E-state index is 0.318. The van der Waals surface area contributed by atoms with Gasteiger partial charge in [-0.1, -0.05) is 0 Å². The van der Waals surface area contributed by atoms with Crippen LogP contribution in [-0.4, -0.2) is 23.4 Å². The van der Waals surface area contributed by atoms with Gasteiger partial charge in [0, 0.05) is 6.42 Å². The Morgan fingerprint density at radius 1 is 1.56 bits per heavy atom. The zero-order chi connectivity index (χ0) is 6.32. The van der Waals surface area contributed by atoms with Crippen LogP contribution in [0.25, 0.3) is 0 Å². The molecule has 1 aliphatic heterocycles. The zero-order valence-electron chi connectivity index (χ0n) is 5.47. The maximum atomic E-state index is 9.54. The van der Waals surface area contributed by atoms with Gasteiger partial charge in [0.2, 0.25) is 0 Å². The Kier molecular flexibility index (Phi) is 1.08. The van der Waals surface area contributed by atoms with Gasteiger partial charge in [0.1, 0.15) is 0 Å². The molecule has 0 amide bonds. The lowest BCUT2D eigenvalue weighted by atomic mass is 9.77. The first kappa shape index (κ1) is 5.69. The largest absolute Gasteiger partial charge is 0.390 e. The van der Waals surface area contributed by atoms with Crippen LogP contribution in [0.1, 0.15) is 25.7 Å². The van der Waals surface area contributed by atoms with Crippen LogP contribution in [0.3, 0.4) is 0 Å². The van der Waals surface area contributed by atoms with Crippen LogP contribution in [-0.2, 0) is 4.74 Å². The Hall–Kier alpha value is -0.0800. The molecule has 52 valence electrons. The molecule has 1 atom stereocenters. The number of aliphatic hydroxyl groups is 1. The van der Waals surface area contributed by atoms with Crippen molar-refractivity contribution in [3.8, 4) is 0 Å². The van der Waals surface area contributed by atoms with Crippen molar-refractivity contribution < 1.29 is 9.84 Å². The van der Waals surface area contributed by atoms with Crippen molar-refractivity contribution in [2.45, 2.75) is 37.4 Å². The Balaban J connectivity index is 1.81. The summed E-state index contributed by atoms with van der Waals surface area (Å²) in [6.45, 7) is 0.877. The molecule has 0 spiro atoms. The lowest BCUT2D eigenvalue weighted by Gasteiger charge is -2.36. The van der Waals surface area contributed by atoms with Crippen molar-refractivity contribution >= 4 is 0 Å². The molecule has 1 saturated heterocycles. The second-order valence-electron chi connectivity index (χ2n) is 3.24. The van der Waals surface area contributed by atoms with Crippen LogP contribution < -0.4 is 0 Å². The molecular weight excluding hydrogens is 116 g/mol. The van der Waals surface area contributed by atoms with Gasteiger partial charge in [0.25, 0.3) is 0 Å². The standard InChI is InChI=1S/C7H12O2/c8-7(2-1-3-7)4-6-5-9-6/h6,8H,1-5H2. The fourth-order valence-electron chi connectivity index (χ4n) is 1.40. The highest BCUT2D eigenvalue weighted by atomic mass is 16.6. The van der Waals surface area contributed by atoms with Crippen molar-refractivity contribution in [2.24, 2.45) is 0 Å². The van der Waals surface area contributed by atoms with E-state index in [0.717, 1.165) is 25.9 Å². The minimum Gasteiger partial charge on any atom is -0.390 e. The number of hydrogen-bond acceptors (Lipinski definition) is 2. The molecule has 1 N–H and O–H groups in total. The van der Waals surface area contributed by atoms with E-state index in [2.05, 4.69) is 0 Å². The van der Waals surface area contributed by atoms with Crippen LogP contribution in [0, 0.1) is 0 Å². The van der Waals surface area contributed by atoms with Crippen molar-refractivity contribution in [1.82, 2.24) is 0 Å². The summed E-state index contributed by atoms with van der Waals surface area (Å²) in [6.07, 6.45) is 4.46. The monoisotopic (exact) mass is 128 g/mol. The highest BCUT2D eigenvalue weighted by Crippen LogP contribution is 2.38. The van der Waals surface area contributed by atoms with Gasteiger partial charge in [0.05, 0.1) is 18.3 Å². The molecule has 0 radical (unpaired) electrons. The summed E-state index contributed by atoms with van der Waals surface area (Å²) in [5.74, 6) is 0. The summed E-state index contributed by atoms with van der Waals surface area (Å²) >= 11 is 0. The summed E-state index contributed by atoms with van der Waals surface area (Å²) in [5, 5.41) is 9.54. The van der Waals surface area contributed by atoms with Crippen molar-refractivity contribution in [1.29, 1.82) is 0 Å². The Morgan fingerprint density at radius 2 is 2.22 bits per heavy atom. The van der Waals surface area contributed by atoms with E-state index >= 15 is 0 Å². The third-order valence-corrected chi connectivity index (χ3v) is 2.29. The highest BCUT2D eigenvalue weighted by molar-refractivity contribution is 4.92. The molecule has 1 unspecified atom stereocenters. The maximum absolute atomic E-state index is 9.54. The molecule has 2 aliphatic rings. The molecule has 1 heterocycles. The first-order chi connectivity index (χ1) is 4.29. The lowest BCUT2D eigenvalue weighted by Crippen LogP contribution is -2.37. The molecule has 0 aromatic carbocycles. The molecule has 0 bridgehead atoms. The van der Waals surface area contributed by atoms with Gasteiger partial charge in [-0.05, 0) is 19.3 Å². The van der Waals surface area contributed by atoms with Gasteiger partial charge >= 0.3 is 0 Å². The predicted molar refractivity (Wildman–Crippen MR) is 33.2 cm³/mol. The Bertz CT molecular complexity index is 114. The second kappa shape index (κ2) is 1.70. The van der Waals surface area contributed by atoms with Gasteiger partial charge in [-0.25, -0.2) is 0 Å². The van der Waals surface area contributed by atoms with Gasteiger partial charge in [-0.2, -0.15) is 0 Å². The van der Waals surface area contributed by atoms with Crippen LogP contribution >= 0.6 is 0 Å². The van der Waals surface area contributed by atoms with Gasteiger partial charge in [-0.15, -0.1) is 0 Å². The lowest BCUT2D eigenvalue weighted by molar-refractivity contribution is -0.0450. The zero-order valence-corrected chi connectivity index (χ0v) is 5.47. The van der Waals surface area contributed by atoms with Crippen LogP contribution in [0.15, 0.2) is 0 Å². The molecule has 2 nitrogen and oxygen atoms in total. The van der Waals surface area contributed by atoms with Crippen molar-refractivity contribution in [3.05, 3.63) is 0 Å². The fourth-order valence-corrected chi connectivity index (χ4v) is 1.40. The van der Waals surface area contributed by atoms with E-state index in [9.17, 15) is 5.11 Å². The summed E-state index contributed by atoms with van der Waals surface area (Å²) in [5.41, 5.74) is -0.318. The maximum Gasteiger partial charge on any atom is 0.0837 e. The first-order valence-electron chi connectivity index (χ1n) is 3.63. The number of rotatable bonds is 2. The molecule has 2 heteroatoms. The van der Waals surface area contributed by atoms with E-state index in [4.69, 9.17) is 4.74 Å². The number of ether oxygens (including phenoxy) is 1. The Labute approximate surface area is 54.8 Å². The normalized spacial score (nSPS) is 37.7. The third kappa shape index (κ3) is 1.10. The number of epoxide rings is 1. The summed E-state index contributed by atoms with van der Waals surface area (Å²) < 4.78 is 5.02. The highest BCUT2D eigenvalue weighted by Gasteiger charge is 2.40. The van der Waals surface area contributed by atoms with Crippen LogP contribution in [0.2, 0.25) is 0 Å². The Morgan fingerprint density at radius 3 is 2.56 bits per heavy atom. The smallest absolute Gasteiger partial charge is 0.0837 e. The summed E-state index contributed by atoms with van der Waals surface area (Å²) in [7, 11) is 0. The third-order valence-electron chi connectivity index (χ3n) is 2.29. The quantitative estimate of drug-likeness (QED) is 0.555. The van der Waals surface area contributed by atoms with E-state index in [1.807, 2.05) is 0 Å². The van der Waals surface area contributed by atoms with E-state index in [-0.39, 0.29) is 5.60 Å². The topological polar surface area (TPSA) is 32.8 Å². The molecule has 0 aromatic rings. The average Bonchev–Trinajstić information content (AvgIpc) is 2.46. The van der Waals surface area contributed by atoms with E-state index in [1.54, 1.807) is 0 Å². The second-order valence-corrected chi connectivity index (χ2v) is 3.24. The van der Waals surface area contributed by atoms with Crippen LogP contribution in [0.5, 0.6) is 0 Å². The van der Waals surface area contributed by atoms with Crippen LogP contribution in [0.4, 0.5) is 0 Å². The van der Waals surface area contributed by atoms with Crippen molar-refractivity contribution in [2.75, 3.05) is 6.61 Å². The number of hydrogen-bond donors (Lipinski definition) is 1. The van der Waals surface area contributed by atoms with Crippen molar-refractivity contribution in [3.63, 3.8) is 0 Å². The molecule has 2 fully saturated rings. The van der Waals surface area contributed by atoms with E-state index in [0.29, 0.717) is 6.10 Å². The van der Waals surface area contributed by atoms with Gasteiger partial charge in [-0.3, -0.25) is 0 Å². The molecule has 2 rings (SSSR count). The summed E-state index contributed by atoms with van der Waals surface area (Å²) in [4.78, 5) is 0. The van der Waals surface area contributed by atoms with Gasteiger partial charge in [0.15, 0.2) is 0 Å². The molecule has 0 aromatic heterocycles. The SMILES string of the molecule is OC1(CC2CO2)CCC1. The molecule has 9 heavy (non-hydrogen) atoms.